The zero-order valence-corrected chi connectivity index (χ0v) is 11.2. The third-order valence-electron chi connectivity index (χ3n) is 3.63. The summed E-state index contributed by atoms with van der Waals surface area (Å²) in [4.78, 5) is 0. The van der Waals surface area contributed by atoms with E-state index < -0.39 is 0 Å². The Morgan fingerprint density at radius 2 is 2.28 bits per heavy atom. The number of thiophene rings is 1. The quantitative estimate of drug-likeness (QED) is 0.827. The van der Waals surface area contributed by atoms with Gasteiger partial charge in [0.15, 0.2) is 0 Å². The zero-order chi connectivity index (χ0) is 12.4. The summed E-state index contributed by atoms with van der Waals surface area (Å²) in [6.45, 7) is 1.05. The lowest BCUT2D eigenvalue weighted by atomic mass is 10.1. The second-order valence-corrected chi connectivity index (χ2v) is 5.67. The number of anilines is 1. The first kappa shape index (κ1) is 11.8. The second-order valence-electron chi connectivity index (χ2n) is 4.89. The summed E-state index contributed by atoms with van der Waals surface area (Å²) < 4.78 is 0. The van der Waals surface area contributed by atoms with Gasteiger partial charge in [0, 0.05) is 11.7 Å². The number of fused-ring (bicyclic) bond motifs is 1. The van der Waals surface area contributed by atoms with Crippen molar-refractivity contribution in [2.24, 2.45) is 0 Å². The van der Waals surface area contributed by atoms with Gasteiger partial charge >= 0.3 is 0 Å². The highest BCUT2D eigenvalue weighted by Gasteiger charge is 2.21. The number of aryl methyl sites for hydroxylation is 1. The summed E-state index contributed by atoms with van der Waals surface area (Å²) in [5, 5.41) is 8.03. The minimum atomic E-state index is 0.513. The predicted molar refractivity (Wildman–Crippen MR) is 77.9 cm³/mol. The van der Waals surface area contributed by atoms with E-state index in [1.165, 1.54) is 23.1 Å². The first-order valence-corrected chi connectivity index (χ1v) is 7.40. The molecule has 2 nitrogen and oxygen atoms in total. The van der Waals surface area contributed by atoms with Crippen LogP contribution < -0.4 is 11.1 Å². The van der Waals surface area contributed by atoms with Gasteiger partial charge in [0.1, 0.15) is 0 Å². The molecule has 0 fully saturated rings. The number of nitrogens with two attached hydrogens (primary N) is 1. The van der Waals surface area contributed by atoms with Crippen LogP contribution in [0.2, 0.25) is 0 Å². The van der Waals surface area contributed by atoms with Crippen LogP contribution in [0.25, 0.3) is 0 Å². The molecular weight excluding hydrogens is 240 g/mol. The summed E-state index contributed by atoms with van der Waals surface area (Å²) in [6, 6.07) is 9.03. The molecule has 1 unspecified atom stereocenters. The SMILES string of the molecule is Nc1ccc2c(c1)CCC2NCCc1ccsc1. The van der Waals surface area contributed by atoms with Crippen molar-refractivity contribution < 1.29 is 0 Å². The van der Waals surface area contributed by atoms with Crippen LogP contribution in [0.3, 0.4) is 0 Å². The van der Waals surface area contributed by atoms with Crippen LogP contribution in [0.5, 0.6) is 0 Å². The van der Waals surface area contributed by atoms with Crippen LogP contribution in [0.1, 0.15) is 29.2 Å². The normalized spacial score (nSPS) is 17.9. The molecule has 2 aromatic rings. The molecule has 94 valence electrons. The highest BCUT2D eigenvalue weighted by Crippen LogP contribution is 2.32. The summed E-state index contributed by atoms with van der Waals surface area (Å²) >= 11 is 1.77. The monoisotopic (exact) mass is 258 g/mol. The Labute approximate surface area is 112 Å². The smallest absolute Gasteiger partial charge is 0.0326 e. The molecule has 1 atom stereocenters. The van der Waals surface area contributed by atoms with Gasteiger partial charge in [-0.3, -0.25) is 0 Å². The minimum Gasteiger partial charge on any atom is -0.399 e. The topological polar surface area (TPSA) is 38.0 Å². The molecule has 1 aromatic carbocycles. The maximum atomic E-state index is 5.82. The summed E-state index contributed by atoms with van der Waals surface area (Å²) in [5.41, 5.74) is 11.0. The molecule has 3 rings (SSSR count). The fraction of sp³-hybridized carbons (Fsp3) is 0.333. The predicted octanol–water partition coefficient (Wildman–Crippen LogP) is 3.15. The Kier molecular flexibility index (Phi) is 3.35. The van der Waals surface area contributed by atoms with Gasteiger partial charge in [0.05, 0.1) is 0 Å². The molecule has 0 aliphatic heterocycles. The Hall–Kier alpha value is -1.32. The largest absolute Gasteiger partial charge is 0.399 e. The van der Waals surface area contributed by atoms with E-state index in [1.54, 1.807) is 11.3 Å². The van der Waals surface area contributed by atoms with Crippen LogP contribution in [0.4, 0.5) is 5.69 Å². The van der Waals surface area contributed by atoms with Gasteiger partial charge in [0.25, 0.3) is 0 Å². The van der Waals surface area contributed by atoms with Gasteiger partial charge in [-0.05, 0) is 71.5 Å². The summed E-state index contributed by atoms with van der Waals surface area (Å²) in [5.74, 6) is 0. The number of hydrogen-bond donors (Lipinski definition) is 2. The van der Waals surface area contributed by atoms with Crippen molar-refractivity contribution in [2.45, 2.75) is 25.3 Å². The van der Waals surface area contributed by atoms with E-state index in [4.69, 9.17) is 5.73 Å². The van der Waals surface area contributed by atoms with Crippen LogP contribution in [0.15, 0.2) is 35.0 Å². The molecule has 0 saturated carbocycles. The van der Waals surface area contributed by atoms with Crippen LogP contribution in [0, 0.1) is 0 Å². The Balaban J connectivity index is 1.59. The first-order valence-electron chi connectivity index (χ1n) is 6.46. The summed E-state index contributed by atoms with van der Waals surface area (Å²) in [6.07, 6.45) is 3.46. The lowest BCUT2D eigenvalue weighted by molar-refractivity contribution is 0.534. The molecular formula is C15H18N2S. The fourth-order valence-electron chi connectivity index (χ4n) is 2.68. The number of hydrogen-bond acceptors (Lipinski definition) is 3. The minimum absolute atomic E-state index is 0.513. The third-order valence-corrected chi connectivity index (χ3v) is 4.36. The van der Waals surface area contributed by atoms with Gasteiger partial charge in [-0.25, -0.2) is 0 Å². The number of rotatable bonds is 4. The van der Waals surface area contributed by atoms with Gasteiger partial charge < -0.3 is 11.1 Å². The molecule has 0 radical (unpaired) electrons. The maximum Gasteiger partial charge on any atom is 0.0326 e. The van der Waals surface area contributed by atoms with Crippen molar-refractivity contribution in [1.82, 2.24) is 5.32 Å². The summed E-state index contributed by atoms with van der Waals surface area (Å²) in [7, 11) is 0. The van der Waals surface area contributed by atoms with Crippen molar-refractivity contribution in [1.29, 1.82) is 0 Å². The van der Waals surface area contributed by atoms with Gasteiger partial charge in [-0.2, -0.15) is 11.3 Å². The molecule has 3 heteroatoms. The maximum absolute atomic E-state index is 5.82. The molecule has 18 heavy (non-hydrogen) atoms. The average Bonchev–Trinajstić information content (AvgIpc) is 2.99. The standard InChI is InChI=1S/C15H18N2S/c16-13-2-3-14-12(9-13)1-4-15(14)17-7-5-11-6-8-18-10-11/h2-3,6,8-10,15,17H,1,4-5,7,16H2. The highest BCUT2D eigenvalue weighted by molar-refractivity contribution is 7.07. The Morgan fingerprint density at radius 1 is 1.33 bits per heavy atom. The Morgan fingerprint density at radius 3 is 3.11 bits per heavy atom. The van der Waals surface area contributed by atoms with Crippen molar-refractivity contribution in [2.75, 3.05) is 12.3 Å². The molecule has 1 heterocycles. The van der Waals surface area contributed by atoms with Gasteiger partial charge in [-0.15, -0.1) is 0 Å². The van der Waals surface area contributed by atoms with Crippen molar-refractivity contribution >= 4 is 17.0 Å². The van der Waals surface area contributed by atoms with Crippen LogP contribution in [-0.2, 0) is 12.8 Å². The highest BCUT2D eigenvalue weighted by atomic mass is 32.1. The molecule has 1 aliphatic carbocycles. The molecule has 1 aromatic heterocycles. The number of benzene rings is 1. The Bertz CT molecular complexity index is 519. The third kappa shape index (κ3) is 2.42. The van der Waals surface area contributed by atoms with E-state index in [9.17, 15) is 0 Å². The molecule has 0 bridgehead atoms. The van der Waals surface area contributed by atoms with E-state index >= 15 is 0 Å². The zero-order valence-electron chi connectivity index (χ0n) is 10.4. The molecule has 0 amide bonds. The molecule has 0 spiro atoms. The van der Waals surface area contributed by atoms with Gasteiger partial charge in [0.2, 0.25) is 0 Å². The number of nitrogens with one attached hydrogen (secondary N) is 1. The lowest BCUT2D eigenvalue weighted by Crippen LogP contribution is -2.21. The first-order chi connectivity index (χ1) is 8.83. The van der Waals surface area contributed by atoms with E-state index in [0.717, 1.165) is 25.1 Å². The molecule has 1 aliphatic rings. The van der Waals surface area contributed by atoms with E-state index in [2.05, 4.69) is 34.3 Å². The van der Waals surface area contributed by atoms with E-state index in [-0.39, 0.29) is 0 Å². The van der Waals surface area contributed by atoms with Crippen molar-refractivity contribution in [3.05, 3.63) is 51.7 Å². The molecule has 3 N–H and O–H groups in total. The van der Waals surface area contributed by atoms with E-state index in [0.29, 0.717) is 6.04 Å². The van der Waals surface area contributed by atoms with Crippen LogP contribution in [-0.4, -0.2) is 6.54 Å². The van der Waals surface area contributed by atoms with Crippen molar-refractivity contribution in [3.63, 3.8) is 0 Å². The molecule has 0 saturated heterocycles. The number of nitrogen functional groups attached to an aromatic ring is 1. The van der Waals surface area contributed by atoms with Gasteiger partial charge in [-0.1, -0.05) is 6.07 Å². The fourth-order valence-corrected chi connectivity index (χ4v) is 3.38. The lowest BCUT2D eigenvalue weighted by Gasteiger charge is -2.13. The van der Waals surface area contributed by atoms with Crippen molar-refractivity contribution in [3.8, 4) is 0 Å². The van der Waals surface area contributed by atoms with Crippen LogP contribution >= 0.6 is 11.3 Å². The second kappa shape index (κ2) is 5.12. The average molecular weight is 258 g/mol. The van der Waals surface area contributed by atoms with E-state index in [1.807, 2.05) is 6.07 Å².